The predicted octanol–water partition coefficient (Wildman–Crippen LogP) is 5.45. The van der Waals surface area contributed by atoms with E-state index >= 15 is 0 Å². The van der Waals surface area contributed by atoms with Crippen molar-refractivity contribution in [1.82, 2.24) is 10.3 Å². The van der Waals surface area contributed by atoms with Crippen LogP contribution in [0.3, 0.4) is 0 Å². The van der Waals surface area contributed by atoms with Crippen molar-refractivity contribution in [3.05, 3.63) is 44.9 Å². The van der Waals surface area contributed by atoms with E-state index in [2.05, 4.69) is 15.6 Å². The van der Waals surface area contributed by atoms with Gasteiger partial charge in [-0.05, 0) is 68.1 Å². The summed E-state index contributed by atoms with van der Waals surface area (Å²) >= 11 is 13.8. The monoisotopic (exact) mass is 477 g/mol. The molecule has 2 aromatic rings. The van der Waals surface area contributed by atoms with Gasteiger partial charge >= 0.3 is 0 Å². The van der Waals surface area contributed by atoms with E-state index in [0.717, 1.165) is 42.5 Å². The van der Waals surface area contributed by atoms with Gasteiger partial charge in [-0.1, -0.05) is 29.3 Å². The first-order chi connectivity index (χ1) is 14.7. The minimum Gasteiger partial charge on any atom is -0.351 e. The Morgan fingerprint density at radius 1 is 1.19 bits per heavy atom. The summed E-state index contributed by atoms with van der Waals surface area (Å²) in [5.74, 6) is 1.08. The molecule has 4 aliphatic rings. The summed E-state index contributed by atoms with van der Waals surface area (Å²) in [5, 5.41) is 8.18. The third kappa shape index (κ3) is 4.10. The number of amides is 2. The third-order valence-electron chi connectivity index (χ3n) is 7.14. The summed E-state index contributed by atoms with van der Waals surface area (Å²) in [5.41, 5.74) is 0.357. The van der Waals surface area contributed by atoms with Gasteiger partial charge in [0.2, 0.25) is 11.8 Å². The molecule has 31 heavy (non-hydrogen) atoms. The van der Waals surface area contributed by atoms with Gasteiger partial charge in [0, 0.05) is 40.0 Å². The number of hydrogen-bond donors (Lipinski definition) is 2. The standard InChI is InChI=1S/C23H25Cl2N3O2S/c1-13(29)28-23-9-14-4-15(10-23)8-22(7-14,12-23)20(30)27-21-26-11-18(31-21)5-16-2-3-17(24)6-19(16)25/h2-3,6,11,14-15H,4-5,7-10,12H2,1H3,(H,28,29)(H,26,27,30). The molecule has 0 radical (unpaired) electrons. The maximum Gasteiger partial charge on any atom is 0.232 e. The van der Waals surface area contributed by atoms with E-state index in [1.807, 2.05) is 12.1 Å². The van der Waals surface area contributed by atoms with Crippen LogP contribution in [0.25, 0.3) is 0 Å². The fraction of sp³-hybridized carbons (Fsp3) is 0.522. The molecule has 8 heteroatoms. The number of aromatic nitrogens is 1. The van der Waals surface area contributed by atoms with Crippen molar-refractivity contribution in [3.8, 4) is 0 Å². The molecule has 2 N–H and O–H groups in total. The van der Waals surface area contributed by atoms with Crippen LogP contribution in [0.1, 0.15) is 55.9 Å². The minimum atomic E-state index is -0.405. The highest BCUT2D eigenvalue weighted by atomic mass is 35.5. The number of hydrogen-bond acceptors (Lipinski definition) is 4. The first kappa shape index (κ1) is 21.2. The molecule has 5 nitrogen and oxygen atoms in total. The summed E-state index contributed by atoms with van der Waals surface area (Å²) in [6.45, 7) is 1.58. The van der Waals surface area contributed by atoms with Gasteiger partial charge in [0.25, 0.3) is 0 Å². The van der Waals surface area contributed by atoms with E-state index in [0.29, 0.717) is 33.4 Å². The van der Waals surface area contributed by atoms with Crippen LogP contribution < -0.4 is 10.6 Å². The van der Waals surface area contributed by atoms with Crippen LogP contribution in [0.15, 0.2) is 24.4 Å². The number of halogens is 2. The predicted molar refractivity (Wildman–Crippen MR) is 124 cm³/mol. The minimum absolute atomic E-state index is 0.00272. The second kappa shape index (κ2) is 7.75. The molecule has 1 aromatic heterocycles. The molecule has 2 unspecified atom stereocenters. The maximum atomic E-state index is 13.5. The number of rotatable bonds is 5. The lowest BCUT2D eigenvalue weighted by atomic mass is 9.46. The highest BCUT2D eigenvalue weighted by Crippen LogP contribution is 2.62. The van der Waals surface area contributed by atoms with Crippen molar-refractivity contribution < 1.29 is 9.59 Å². The number of thiazole rings is 1. The van der Waals surface area contributed by atoms with Gasteiger partial charge in [0.1, 0.15) is 0 Å². The zero-order valence-corrected chi connectivity index (χ0v) is 19.7. The summed E-state index contributed by atoms with van der Waals surface area (Å²) in [7, 11) is 0. The van der Waals surface area contributed by atoms with E-state index in [1.165, 1.54) is 17.8 Å². The van der Waals surface area contributed by atoms with Crippen molar-refractivity contribution in [2.45, 2.75) is 57.4 Å². The fourth-order valence-corrected chi connectivity index (χ4v) is 7.88. The normalized spacial score (nSPS) is 30.9. The zero-order valence-electron chi connectivity index (χ0n) is 17.3. The number of nitrogens with zero attached hydrogens (tertiary/aromatic N) is 1. The lowest BCUT2D eigenvalue weighted by Gasteiger charge is -2.61. The summed E-state index contributed by atoms with van der Waals surface area (Å²) < 4.78 is 0. The van der Waals surface area contributed by atoms with Gasteiger partial charge in [0.15, 0.2) is 5.13 Å². The Morgan fingerprint density at radius 3 is 2.61 bits per heavy atom. The van der Waals surface area contributed by atoms with E-state index in [-0.39, 0.29) is 17.4 Å². The number of nitrogens with one attached hydrogen (secondary N) is 2. The molecule has 1 aromatic carbocycles. The van der Waals surface area contributed by atoms with Crippen LogP contribution in [0.4, 0.5) is 5.13 Å². The van der Waals surface area contributed by atoms with Gasteiger partial charge in [0.05, 0.1) is 5.41 Å². The molecule has 4 aliphatic carbocycles. The number of anilines is 1. The topological polar surface area (TPSA) is 71.1 Å². The maximum absolute atomic E-state index is 13.5. The largest absolute Gasteiger partial charge is 0.351 e. The number of carbonyl (C=O) groups is 2. The van der Waals surface area contributed by atoms with Crippen LogP contribution in [0, 0.1) is 17.3 Å². The van der Waals surface area contributed by atoms with Gasteiger partial charge in [-0.3, -0.25) is 9.59 Å². The van der Waals surface area contributed by atoms with Crippen molar-refractivity contribution in [3.63, 3.8) is 0 Å². The molecular weight excluding hydrogens is 453 g/mol. The summed E-state index contributed by atoms with van der Waals surface area (Å²) in [4.78, 5) is 30.8. The molecule has 2 atom stereocenters. The average molecular weight is 478 g/mol. The van der Waals surface area contributed by atoms with Crippen LogP contribution in [0.2, 0.25) is 10.0 Å². The molecule has 0 saturated heterocycles. The van der Waals surface area contributed by atoms with E-state index in [4.69, 9.17) is 23.2 Å². The van der Waals surface area contributed by atoms with Crippen LogP contribution in [-0.2, 0) is 16.0 Å². The van der Waals surface area contributed by atoms with Crippen molar-refractivity contribution in [2.75, 3.05) is 5.32 Å². The van der Waals surface area contributed by atoms with Crippen LogP contribution >= 0.6 is 34.5 Å². The second-order valence-electron chi connectivity index (χ2n) is 9.70. The Bertz CT molecular complexity index is 1040. The Hall–Kier alpha value is -1.63. The smallest absolute Gasteiger partial charge is 0.232 e. The van der Waals surface area contributed by atoms with Gasteiger partial charge in [-0.15, -0.1) is 11.3 Å². The van der Waals surface area contributed by atoms with E-state index in [1.54, 1.807) is 19.2 Å². The van der Waals surface area contributed by atoms with Crippen LogP contribution in [-0.4, -0.2) is 22.3 Å². The molecule has 1 heterocycles. The van der Waals surface area contributed by atoms with Gasteiger partial charge in [-0.2, -0.15) is 0 Å². The third-order valence-corrected chi connectivity index (χ3v) is 8.64. The SMILES string of the molecule is CC(=O)NC12CC3CC(C1)CC(C(=O)Nc1ncc(Cc4ccc(Cl)cc4Cl)s1)(C3)C2. The number of carbonyl (C=O) groups excluding carboxylic acids is 2. The summed E-state index contributed by atoms with van der Waals surface area (Å²) in [6, 6.07) is 5.48. The van der Waals surface area contributed by atoms with Gasteiger partial charge < -0.3 is 10.6 Å². The highest BCUT2D eigenvalue weighted by Gasteiger charge is 2.60. The lowest BCUT2D eigenvalue weighted by Crippen LogP contribution is -2.65. The molecule has 4 bridgehead atoms. The fourth-order valence-electron chi connectivity index (χ4n) is 6.58. The Balaban J connectivity index is 1.31. The lowest BCUT2D eigenvalue weighted by molar-refractivity contribution is -0.148. The molecular formula is C23H25Cl2N3O2S. The molecule has 4 fully saturated rings. The number of benzene rings is 1. The Labute approximate surface area is 195 Å². The van der Waals surface area contributed by atoms with Gasteiger partial charge in [-0.25, -0.2) is 4.98 Å². The van der Waals surface area contributed by atoms with E-state index < -0.39 is 5.41 Å². The van der Waals surface area contributed by atoms with Crippen molar-refractivity contribution >= 4 is 51.5 Å². The first-order valence-electron chi connectivity index (χ1n) is 10.7. The first-order valence-corrected chi connectivity index (χ1v) is 12.3. The zero-order chi connectivity index (χ0) is 21.8. The molecule has 164 valence electrons. The van der Waals surface area contributed by atoms with Crippen molar-refractivity contribution in [1.29, 1.82) is 0 Å². The Morgan fingerprint density at radius 2 is 1.94 bits per heavy atom. The summed E-state index contributed by atoms with van der Waals surface area (Å²) in [6.07, 6.45) is 8.18. The van der Waals surface area contributed by atoms with Crippen molar-refractivity contribution in [2.24, 2.45) is 17.3 Å². The van der Waals surface area contributed by atoms with E-state index in [9.17, 15) is 9.59 Å². The molecule has 0 spiro atoms. The quantitative estimate of drug-likeness (QED) is 0.600. The highest BCUT2D eigenvalue weighted by molar-refractivity contribution is 7.15. The average Bonchev–Trinajstić information content (AvgIpc) is 3.09. The van der Waals surface area contributed by atoms with Crippen LogP contribution in [0.5, 0.6) is 0 Å². The molecule has 6 rings (SSSR count). The molecule has 2 amide bonds. The second-order valence-corrected chi connectivity index (χ2v) is 11.7. The Kier molecular flexibility index (Phi) is 5.31. The molecule has 0 aliphatic heterocycles. The molecule has 4 saturated carbocycles.